The SMILES string of the molecule is CCc1cc(N2CCC(N(C)C(C)=O)C2)nc(N2CCCCC2)n1. The van der Waals surface area contributed by atoms with Gasteiger partial charge in [0.25, 0.3) is 0 Å². The molecule has 0 saturated carbocycles. The normalized spacial score (nSPS) is 21.2. The molecule has 2 aliphatic rings. The highest BCUT2D eigenvalue weighted by Gasteiger charge is 2.28. The summed E-state index contributed by atoms with van der Waals surface area (Å²) in [5.41, 5.74) is 1.10. The van der Waals surface area contributed by atoms with Crippen LogP contribution in [-0.4, -0.2) is 60.0 Å². The molecular formula is C18H29N5O. The Labute approximate surface area is 144 Å². The third-order valence-electron chi connectivity index (χ3n) is 5.29. The number of aryl methyl sites for hydroxylation is 1. The van der Waals surface area contributed by atoms with Gasteiger partial charge in [0.15, 0.2) is 0 Å². The van der Waals surface area contributed by atoms with Crippen LogP contribution in [0.15, 0.2) is 6.07 Å². The molecule has 6 heteroatoms. The van der Waals surface area contributed by atoms with Gasteiger partial charge in [0.2, 0.25) is 11.9 Å². The van der Waals surface area contributed by atoms with Crippen LogP contribution in [-0.2, 0) is 11.2 Å². The Morgan fingerprint density at radius 3 is 2.62 bits per heavy atom. The summed E-state index contributed by atoms with van der Waals surface area (Å²) in [6, 6.07) is 2.39. The Hall–Kier alpha value is -1.85. The zero-order chi connectivity index (χ0) is 17.1. The van der Waals surface area contributed by atoms with Gasteiger partial charge in [0, 0.05) is 51.9 Å². The minimum Gasteiger partial charge on any atom is -0.354 e. The number of rotatable bonds is 4. The zero-order valence-corrected chi connectivity index (χ0v) is 15.2. The average molecular weight is 331 g/mol. The number of hydrogen-bond acceptors (Lipinski definition) is 5. The molecular weight excluding hydrogens is 302 g/mol. The highest BCUT2D eigenvalue weighted by atomic mass is 16.2. The second-order valence-electron chi connectivity index (χ2n) is 6.94. The van der Waals surface area contributed by atoms with Crippen molar-refractivity contribution in [3.8, 4) is 0 Å². The Balaban J connectivity index is 1.79. The summed E-state index contributed by atoms with van der Waals surface area (Å²) in [6.45, 7) is 7.70. The first-order chi connectivity index (χ1) is 11.6. The molecule has 0 aromatic carbocycles. The third-order valence-corrected chi connectivity index (χ3v) is 5.29. The molecule has 1 aromatic heterocycles. The predicted molar refractivity (Wildman–Crippen MR) is 96.5 cm³/mol. The van der Waals surface area contributed by atoms with Crippen molar-refractivity contribution in [1.82, 2.24) is 14.9 Å². The molecule has 3 rings (SSSR count). The summed E-state index contributed by atoms with van der Waals surface area (Å²) < 4.78 is 0. The fraction of sp³-hybridized carbons (Fsp3) is 0.722. The molecule has 1 atom stereocenters. The number of amides is 1. The molecule has 24 heavy (non-hydrogen) atoms. The largest absolute Gasteiger partial charge is 0.354 e. The number of likely N-dealkylation sites (N-methyl/N-ethyl adjacent to an activating group) is 1. The molecule has 1 amide bonds. The van der Waals surface area contributed by atoms with E-state index in [-0.39, 0.29) is 11.9 Å². The van der Waals surface area contributed by atoms with Crippen molar-refractivity contribution in [3.63, 3.8) is 0 Å². The molecule has 1 unspecified atom stereocenters. The summed E-state index contributed by atoms with van der Waals surface area (Å²) in [7, 11) is 1.90. The van der Waals surface area contributed by atoms with Gasteiger partial charge in [-0.05, 0) is 32.1 Å². The molecule has 0 spiro atoms. The summed E-state index contributed by atoms with van der Waals surface area (Å²) in [4.78, 5) is 27.7. The van der Waals surface area contributed by atoms with Gasteiger partial charge in [-0.3, -0.25) is 4.79 Å². The quantitative estimate of drug-likeness (QED) is 0.845. The van der Waals surface area contributed by atoms with Crippen LogP contribution in [0.1, 0.15) is 45.2 Å². The van der Waals surface area contributed by atoms with Crippen LogP contribution in [0.3, 0.4) is 0 Å². The summed E-state index contributed by atoms with van der Waals surface area (Å²) >= 11 is 0. The fourth-order valence-electron chi connectivity index (χ4n) is 3.57. The topological polar surface area (TPSA) is 52.6 Å². The number of nitrogens with zero attached hydrogens (tertiary/aromatic N) is 5. The maximum absolute atomic E-state index is 11.6. The molecule has 2 saturated heterocycles. The monoisotopic (exact) mass is 331 g/mol. The van der Waals surface area contributed by atoms with E-state index in [4.69, 9.17) is 9.97 Å². The number of piperidine rings is 1. The van der Waals surface area contributed by atoms with Crippen LogP contribution in [0, 0.1) is 0 Å². The maximum atomic E-state index is 11.6. The van der Waals surface area contributed by atoms with Crippen LogP contribution >= 0.6 is 0 Å². The van der Waals surface area contributed by atoms with E-state index in [1.165, 1.54) is 19.3 Å². The zero-order valence-electron chi connectivity index (χ0n) is 15.2. The van der Waals surface area contributed by atoms with Crippen LogP contribution in [0.5, 0.6) is 0 Å². The predicted octanol–water partition coefficient (Wildman–Crippen LogP) is 2.09. The van der Waals surface area contributed by atoms with Gasteiger partial charge in [0.05, 0.1) is 6.04 Å². The summed E-state index contributed by atoms with van der Waals surface area (Å²) in [5, 5.41) is 0. The lowest BCUT2D eigenvalue weighted by Crippen LogP contribution is -2.38. The molecule has 6 nitrogen and oxygen atoms in total. The van der Waals surface area contributed by atoms with E-state index in [0.717, 1.165) is 56.5 Å². The fourth-order valence-corrected chi connectivity index (χ4v) is 3.57. The number of carbonyl (C=O) groups excluding carboxylic acids is 1. The highest BCUT2D eigenvalue weighted by molar-refractivity contribution is 5.73. The average Bonchev–Trinajstić information content (AvgIpc) is 3.11. The Kier molecular flexibility index (Phi) is 5.21. The van der Waals surface area contributed by atoms with Crippen molar-refractivity contribution in [2.45, 2.75) is 52.0 Å². The van der Waals surface area contributed by atoms with E-state index in [2.05, 4.69) is 22.8 Å². The van der Waals surface area contributed by atoms with Crippen LogP contribution in [0.2, 0.25) is 0 Å². The lowest BCUT2D eigenvalue weighted by atomic mass is 10.1. The minimum atomic E-state index is 0.132. The lowest BCUT2D eigenvalue weighted by molar-refractivity contribution is -0.129. The second-order valence-corrected chi connectivity index (χ2v) is 6.94. The van der Waals surface area contributed by atoms with Gasteiger partial charge in [-0.2, -0.15) is 4.98 Å². The summed E-state index contributed by atoms with van der Waals surface area (Å²) in [5.74, 6) is 2.03. The minimum absolute atomic E-state index is 0.132. The van der Waals surface area contributed by atoms with E-state index < -0.39 is 0 Å². The first-order valence-corrected chi connectivity index (χ1v) is 9.19. The number of carbonyl (C=O) groups is 1. The Bertz CT molecular complexity index is 585. The van der Waals surface area contributed by atoms with E-state index >= 15 is 0 Å². The van der Waals surface area contributed by atoms with E-state index in [9.17, 15) is 4.79 Å². The van der Waals surface area contributed by atoms with Crippen molar-refractivity contribution in [3.05, 3.63) is 11.8 Å². The smallest absolute Gasteiger partial charge is 0.227 e. The van der Waals surface area contributed by atoms with Crippen LogP contribution in [0.4, 0.5) is 11.8 Å². The molecule has 2 aliphatic heterocycles. The van der Waals surface area contributed by atoms with E-state index in [0.29, 0.717) is 0 Å². The molecule has 2 fully saturated rings. The van der Waals surface area contributed by atoms with Gasteiger partial charge in [-0.1, -0.05) is 6.92 Å². The molecule has 1 aromatic rings. The van der Waals surface area contributed by atoms with Crippen LogP contribution in [0.25, 0.3) is 0 Å². The van der Waals surface area contributed by atoms with E-state index in [1.807, 2.05) is 11.9 Å². The third kappa shape index (κ3) is 3.62. The van der Waals surface area contributed by atoms with Crippen molar-refractivity contribution < 1.29 is 4.79 Å². The Morgan fingerprint density at radius 1 is 1.21 bits per heavy atom. The van der Waals surface area contributed by atoms with Crippen molar-refractivity contribution in [2.24, 2.45) is 0 Å². The maximum Gasteiger partial charge on any atom is 0.227 e. The Morgan fingerprint density at radius 2 is 1.96 bits per heavy atom. The molecule has 0 radical (unpaired) electrons. The lowest BCUT2D eigenvalue weighted by Gasteiger charge is -2.28. The van der Waals surface area contributed by atoms with Gasteiger partial charge in [-0.25, -0.2) is 4.98 Å². The first-order valence-electron chi connectivity index (χ1n) is 9.19. The van der Waals surface area contributed by atoms with Gasteiger partial charge in [-0.15, -0.1) is 0 Å². The molecule has 0 N–H and O–H groups in total. The van der Waals surface area contributed by atoms with Gasteiger partial charge >= 0.3 is 0 Å². The van der Waals surface area contributed by atoms with Crippen molar-refractivity contribution >= 4 is 17.7 Å². The second kappa shape index (κ2) is 7.36. The first kappa shape index (κ1) is 17.0. The molecule has 3 heterocycles. The van der Waals surface area contributed by atoms with Crippen LogP contribution < -0.4 is 9.80 Å². The highest BCUT2D eigenvalue weighted by Crippen LogP contribution is 2.25. The molecule has 0 aliphatic carbocycles. The number of anilines is 2. The number of hydrogen-bond donors (Lipinski definition) is 0. The number of aromatic nitrogens is 2. The van der Waals surface area contributed by atoms with Crippen molar-refractivity contribution in [1.29, 1.82) is 0 Å². The van der Waals surface area contributed by atoms with Gasteiger partial charge in [0.1, 0.15) is 5.82 Å². The van der Waals surface area contributed by atoms with E-state index in [1.54, 1.807) is 6.92 Å². The molecule has 0 bridgehead atoms. The van der Waals surface area contributed by atoms with Crippen molar-refractivity contribution in [2.75, 3.05) is 43.0 Å². The standard InChI is InChI=1S/C18H29N5O/c1-4-15-12-17(20-18(19-15)22-9-6-5-7-10-22)23-11-8-16(13-23)21(3)14(2)24/h12,16H,4-11,13H2,1-3H3. The molecule has 132 valence electrons. The van der Waals surface area contributed by atoms with Gasteiger partial charge < -0.3 is 14.7 Å². The summed E-state index contributed by atoms with van der Waals surface area (Å²) in [6.07, 6.45) is 5.68.